The molecule has 98 valence electrons. The van der Waals surface area contributed by atoms with Crippen molar-refractivity contribution in [2.24, 2.45) is 0 Å². The Hall–Kier alpha value is -2.07. The summed E-state index contributed by atoms with van der Waals surface area (Å²) in [7, 11) is 0. The highest BCUT2D eigenvalue weighted by molar-refractivity contribution is 5.55. The molecule has 2 aromatic rings. The molecular formula is C15H18N4. The van der Waals surface area contributed by atoms with Gasteiger partial charge in [-0.2, -0.15) is 5.10 Å². The van der Waals surface area contributed by atoms with Gasteiger partial charge in [-0.15, -0.1) is 0 Å². The first-order valence-corrected chi connectivity index (χ1v) is 6.63. The molecule has 0 amide bonds. The third-order valence-electron chi connectivity index (χ3n) is 3.43. The fraction of sp³-hybridized carbons (Fsp3) is 0.267. The van der Waals surface area contributed by atoms with Crippen molar-refractivity contribution in [2.45, 2.75) is 12.8 Å². The van der Waals surface area contributed by atoms with Crippen LogP contribution in [0.25, 0.3) is 11.8 Å². The van der Waals surface area contributed by atoms with E-state index in [0.29, 0.717) is 5.82 Å². The topological polar surface area (TPSA) is 55.9 Å². The van der Waals surface area contributed by atoms with Gasteiger partial charge >= 0.3 is 0 Å². The minimum absolute atomic E-state index is 0.657. The van der Waals surface area contributed by atoms with Crippen molar-refractivity contribution in [3.8, 4) is 5.69 Å². The highest BCUT2D eigenvalue weighted by Crippen LogP contribution is 2.18. The van der Waals surface area contributed by atoms with E-state index in [0.717, 1.165) is 31.6 Å². The molecule has 4 nitrogen and oxygen atoms in total. The first-order chi connectivity index (χ1) is 9.33. The number of piperidine rings is 1. The highest BCUT2D eigenvalue weighted by Gasteiger charge is 2.05. The number of nitrogens with one attached hydrogen (secondary N) is 1. The van der Waals surface area contributed by atoms with Crippen LogP contribution < -0.4 is 11.1 Å². The predicted octanol–water partition coefficient (Wildman–Crippen LogP) is 2.22. The van der Waals surface area contributed by atoms with E-state index in [1.165, 1.54) is 11.1 Å². The van der Waals surface area contributed by atoms with Crippen LogP contribution in [0.1, 0.15) is 18.4 Å². The molecule has 1 aliphatic heterocycles. The fourth-order valence-electron chi connectivity index (χ4n) is 2.37. The molecule has 1 saturated heterocycles. The van der Waals surface area contributed by atoms with E-state index in [2.05, 4.69) is 40.8 Å². The minimum atomic E-state index is 0.657. The zero-order valence-corrected chi connectivity index (χ0v) is 10.8. The smallest absolute Gasteiger partial charge is 0.127 e. The lowest BCUT2D eigenvalue weighted by atomic mass is 10.0. The van der Waals surface area contributed by atoms with Crippen molar-refractivity contribution < 1.29 is 0 Å². The van der Waals surface area contributed by atoms with Crippen molar-refractivity contribution in [2.75, 3.05) is 18.8 Å². The molecule has 0 aliphatic carbocycles. The zero-order valence-electron chi connectivity index (χ0n) is 10.8. The summed E-state index contributed by atoms with van der Waals surface area (Å²) in [5.74, 6) is 0.657. The van der Waals surface area contributed by atoms with Crippen molar-refractivity contribution in [1.29, 1.82) is 0 Å². The maximum atomic E-state index is 5.84. The van der Waals surface area contributed by atoms with Crippen LogP contribution in [0.3, 0.4) is 0 Å². The Balaban J connectivity index is 1.81. The van der Waals surface area contributed by atoms with Gasteiger partial charge in [-0.05, 0) is 43.6 Å². The van der Waals surface area contributed by atoms with Gasteiger partial charge in [0.2, 0.25) is 0 Å². The molecule has 0 radical (unpaired) electrons. The first kappa shape index (κ1) is 12.0. The average molecular weight is 254 g/mol. The minimum Gasteiger partial charge on any atom is -0.384 e. The molecule has 2 heterocycles. The Bertz CT molecular complexity index is 572. The molecule has 0 atom stereocenters. The molecule has 3 rings (SSSR count). The second kappa shape index (κ2) is 5.28. The number of anilines is 1. The van der Waals surface area contributed by atoms with E-state index < -0.39 is 0 Å². The average Bonchev–Trinajstić information content (AvgIpc) is 2.87. The van der Waals surface area contributed by atoms with Gasteiger partial charge in [0.15, 0.2) is 0 Å². The van der Waals surface area contributed by atoms with Crippen molar-refractivity contribution >= 4 is 11.9 Å². The maximum Gasteiger partial charge on any atom is 0.127 e. The Labute approximate surface area is 112 Å². The number of rotatable bonds is 2. The quantitative estimate of drug-likeness (QED) is 0.864. The lowest BCUT2D eigenvalue weighted by Crippen LogP contribution is -2.22. The van der Waals surface area contributed by atoms with Crippen LogP contribution in [0, 0.1) is 0 Å². The monoisotopic (exact) mass is 254 g/mol. The largest absolute Gasteiger partial charge is 0.384 e. The summed E-state index contributed by atoms with van der Waals surface area (Å²) >= 11 is 0. The third kappa shape index (κ3) is 2.69. The van der Waals surface area contributed by atoms with Crippen molar-refractivity contribution in [3.63, 3.8) is 0 Å². The predicted molar refractivity (Wildman–Crippen MR) is 78.1 cm³/mol. The molecule has 1 aromatic heterocycles. The summed E-state index contributed by atoms with van der Waals surface area (Å²) in [6.45, 7) is 2.18. The van der Waals surface area contributed by atoms with Crippen LogP contribution in [-0.2, 0) is 0 Å². The van der Waals surface area contributed by atoms with Crippen LogP contribution >= 0.6 is 0 Å². The zero-order chi connectivity index (χ0) is 13.1. The summed E-state index contributed by atoms with van der Waals surface area (Å²) in [5.41, 5.74) is 9.60. The van der Waals surface area contributed by atoms with Gasteiger partial charge in [-0.3, -0.25) is 0 Å². The summed E-state index contributed by atoms with van der Waals surface area (Å²) in [5, 5.41) is 7.57. The van der Waals surface area contributed by atoms with Crippen LogP contribution in [0.4, 0.5) is 5.82 Å². The Morgan fingerprint density at radius 1 is 1.11 bits per heavy atom. The molecular weight excluding hydrogens is 236 g/mol. The molecule has 3 N–H and O–H groups in total. The summed E-state index contributed by atoms with van der Waals surface area (Å²) in [4.78, 5) is 0. The van der Waals surface area contributed by atoms with E-state index >= 15 is 0 Å². The number of benzene rings is 1. The van der Waals surface area contributed by atoms with E-state index in [4.69, 9.17) is 5.73 Å². The first-order valence-electron chi connectivity index (χ1n) is 6.63. The summed E-state index contributed by atoms with van der Waals surface area (Å²) < 4.78 is 1.74. The number of hydrogen-bond donors (Lipinski definition) is 2. The maximum absolute atomic E-state index is 5.84. The normalized spacial score (nSPS) is 15.5. The third-order valence-corrected chi connectivity index (χ3v) is 3.43. The molecule has 19 heavy (non-hydrogen) atoms. The number of nitrogen functional groups attached to an aromatic ring is 1. The fourth-order valence-corrected chi connectivity index (χ4v) is 2.37. The summed E-state index contributed by atoms with van der Waals surface area (Å²) in [6, 6.07) is 10.1. The Morgan fingerprint density at radius 2 is 1.84 bits per heavy atom. The standard InChI is InChI=1S/C15H18N4/c16-15-7-10-18-19(15)14-3-1-12(2-4-14)11-13-5-8-17-9-6-13/h1-4,7,10-11,17H,5-6,8-9,16H2. The second-order valence-corrected chi connectivity index (χ2v) is 4.81. The van der Waals surface area contributed by atoms with Gasteiger partial charge in [0.05, 0.1) is 11.9 Å². The van der Waals surface area contributed by atoms with E-state index in [1.807, 2.05) is 0 Å². The van der Waals surface area contributed by atoms with Crippen LogP contribution in [0.5, 0.6) is 0 Å². The van der Waals surface area contributed by atoms with Gasteiger partial charge in [-0.1, -0.05) is 23.8 Å². The van der Waals surface area contributed by atoms with Crippen molar-refractivity contribution in [1.82, 2.24) is 15.1 Å². The molecule has 4 heteroatoms. The van der Waals surface area contributed by atoms with E-state index in [1.54, 1.807) is 16.9 Å². The number of nitrogens with zero attached hydrogens (tertiary/aromatic N) is 2. The molecule has 0 unspecified atom stereocenters. The van der Waals surface area contributed by atoms with Crippen LogP contribution in [0.2, 0.25) is 0 Å². The SMILES string of the molecule is Nc1ccnn1-c1ccc(C=C2CCNCC2)cc1. The lowest BCUT2D eigenvalue weighted by molar-refractivity contribution is 0.613. The molecule has 0 spiro atoms. The Kier molecular flexibility index (Phi) is 3.33. The molecule has 1 fully saturated rings. The van der Waals surface area contributed by atoms with Gasteiger partial charge in [0.25, 0.3) is 0 Å². The van der Waals surface area contributed by atoms with Crippen LogP contribution in [0.15, 0.2) is 42.1 Å². The van der Waals surface area contributed by atoms with Gasteiger partial charge in [0, 0.05) is 6.07 Å². The lowest BCUT2D eigenvalue weighted by Gasteiger charge is -2.15. The van der Waals surface area contributed by atoms with Gasteiger partial charge in [0.1, 0.15) is 5.82 Å². The second-order valence-electron chi connectivity index (χ2n) is 4.81. The van der Waals surface area contributed by atoms with Crippen LogP contribution in [-0.4, -0.2) is 22.9 Å². The highest BCUT2D eigenvalue weighted by atomic mass is 15.3. The molecule has 0 bridgehead atoms. The number of aromatic nitrogens is 2. The number of hydrogen-bond acceptors (Lipinski definition) is 3. The van der Waals surface area contributed by atoms with Crippen molar-refractivity contribution in [3.05, 3.63) is 47.7 Å². The van der Waals surface area contributed by atoms with Gasteiger partial charge in [-0.25, -0.2) is 4.68 Å². The van der Waals surface area contributed by atoms with Gasteiger partial charge < -0.3 is 11.1 Å². The number of nitrogens with two attached hydrogens (primary N) is 1. The molecule has 1 aliphatic rings. The molecule has 1 aromatic carbocycles. The summed E-state index contributed by atoms with van der Waals surface area (Å²) in [6.07, 6.45) is 6.29. The van der Waals surface area contributed by atoms with E-state index in [9.17, 15) is 0 Å². The van der Waals surface area contributed by atoms with E-state index in [-0.39, 0.29) is 0 Å². The molecule has 0 saturated carbocycles. The Morgan fingerprint density at radius 3 is 2.47 bits per heavy atom.